The van der Waals surface area contributed by atoms with Gasteiger partial charge in [0.25, 0.3) is 0 Å². The SMILES string of the molecule is COC(=O)CC1C(C)=C(OC)C=CC1(C)C. The molecule has 1 unspecified atom stereocenters. The van der Waals surface area contributed by atoms with Crippen LogP contribution in [0.25, 0.3) is 0 Å². The summed E-state index contributed by atoms with van der Waals surface area (Å²) >= 11 is 0. The summed E-state index contributed by atoms with van der Waals surface area (Å²) in [7, 11) is 3.07. The molecule has 0 radical (unpaired) electrons. The van der Waals surface area contributed by atoms with E-state index in [1.54, 1.807) is 7.11 Å². The molecule has 1 aliphatic carbocycles. The molecule has 3 nitrogen and oxygen atoms in total. The molecule has 16 heavy (non-hydrogen) atoms. The fraction of sp³-hybridized carbons (Fsp3) is 0.615. The van der Waals surface area contributed by atoms with E-state index >= 15 is 0 Å². The zero-order valence-electron chi connectivity index (χ0n) is 10.7. The first-order valence-electron chi connectivity index (χ1n) is 5.43. The van der Waals surface area contributed by atoms with E-state index in [9.17, 15) is 4.79 Å². The van der Waals surface area contributed by atoms with Crippen molar-refractivity contribution >= 4 is 5.97 Å². The summed E-state index contributed by atoms with van der Waals surface area (Å²) in [5, 5.41) is 0. The average molecular weight is 224 g/mol. The fourth-order valence-electron chi connectivity index (χ4n) is 2.16. The van der Waals surface area contributed by atoms with Gasteiger partial charge in [0.15, 0.2) is 0 Å². The third-order valence-electron chi connectivity index (χ3n) is 3.29. The Balaban J connectivity index is 2.97. The van der Waals surface area contributed by atoms with Crippen molar-refractivity contribution in [1.82, 2.24) is 0 Å². The van der Waals surface area contributed by atoms with Crippen LogP contribution in [0.4, 0.5) is 0 Å². The van der Waals surface area contributed by atoms with E-state index in [-0.39, 0.29) is 17.3 Å². The third-order valence-corrected chi connectivity index (χ3v) is 3.29. The monoisotopic (exact) mass is 224 g/mol. The molecule has 0 spiro atoms. The van der Waals surface area contributed by atoms with Crippen LogP contribution in [-0.4, -0.2) is 20.2 Å². The van der Waals surface area contributed by atoms with Crippen molar-refractivity contribution in [2.75, 3.05) is 14.2 Å². The number of carbonyl (C=O) groups excluding carboxylic acids is 1. The minimum absolute atomic E-state index is 0.0414. The standard InChI is InChI=1S/C13H20O3/c1-9-10(8-12(14)16-5)13(2,3)7-6-11(9)15-4/h6-7,10H,8H2,1-5H3. The molecule has 0 saturated heterocycles. The molecule has 3 heteroatoms. The summed E-state index contributed by atoms with van der Waals surface area (Å²) in [6.07, 6.45) is 4.46. The number of hydrogen-bond donors (Lipinski definition) is 0. The first-order chi connectivity index (χ1) is 7.42. The Morgan fingerprint density at radius 3 is 2.56 bits per heavy atom. The summed E-state index contributed by atoms with van der Waals surface area (Å²) in [5.41, 5.74) is 1.07. The van der Waals surface area contributed by atoms with Crippen LogP contribution in [0.3, 0.4) is 0 Å². The second-order valence-corrected chi connectivity index (χ2v) is 4.74. The summed E-state index contributed by atoms with van der Waals surface area (Å²) in [4.78, 5) is 11.4. The van der Waals surface area contributed by atoms with Crippen molar-refractivity contribution < 1.29 is 14.3 Å². The molecule has 0 bridgehead atoms. The van der Waals surface area contributed by atoms with E-state index < -0.39 is 0 Å². The van der Waals surface area contributed by atoms with E-state index in [2.05, 4.69) is 19.9 Å². The molecule has 1 aliphatic rings. The van der Waals surface area contributed by atoms with Gasteiger partial charge < -0.3 is 9.47 Å². The van der Waals surface area contributed by atoms with Crippen molar-refractivity contribution in [1.29, 1.82) is 0 Å². The second kappa shape index (κ2) is 4.73. The first-order valence-corrected chi connectivity index (χ1v) is 5.43. The van der Waals surface area contributed by atoms with Crippen LogP contribution in [0.2, 0.25) is 0 Å². The van der Waals surface area contributed by atoms with E-state index in [1.807, 2.05) is 13.0 Å². The zero-order chi connectivity index (χ0) is 12.3. The second-order valence-electron chi connectivity index (χ2n) is 4.74. The number of carbonyl (C=O) groups is 1. The molecule has 0 aromatic heterocycles. The predicted octanol–water partition coefficient (Wildman–Crippen LogP) is 2.68. The van der Waals surface area contributed by atoms with Crippen LogP contribution in [0, 0.1) is 11.3 Å². The Kier molecular flexibility index (Phi) is 3.79. The number of methoxy groups -OCH3 is 2. The van der Waals surface area contributed by atoms with Gasteiger partial charge >= 0.3 is 5.97 Å². The van der Waals surface area contributed by atoms with Crippen molar-refractivity contribution in [2.24, 2.45) is 11.3 Å². The summed E-state index contributed by atoms with van der Waals surface area (Å²) in [5.74, 6) is 0.816. The predicted molar refractivity (Wildman–Crippen MR) is 62.8 cm³/mol. The maximum Gasteiger partial charge on any atom is 0.306 e. The number of allylic oxidation sites excluding steroid dienone is 3. The van der Waals surface area contributed by atoms with Crippen LogP contribution in [-0.2, 0) is 14.3 Å². The summed E-state index contributed by atoms with van der Waals surface area (Å²) in [6.45, 7) is 6.25. The van der Waals surface area contributed by atoms with Gasteiger partial charge in [-0.3, -0.25) is 4.79 Å². The third kappa shape index (κ3) is 2.46. The van der Waals surface area contributed by atoms with Gasteiger partial charge in [-0.25, -0.2) is 0 Å². The van der Waals surface area contributed by atoms with E-state index in [0.29, 0.717) is 6.42 Å². The minimum atomic E-state index is -0.178. The molecular formula is C13H20O3. The molecule has 0 aromatic carbocycles. The van der Waals surface area contributed by atoms with Gasteiger partial charge in [0.05, 0.1) is 20.6 Å². The molecule has 0 aromatic rings. The van der Waals surface area contributed by atoms with Crippen LogP contribution in [0.5, 0.6) is 0 Å². The number of ether oxygens (including phenoxy) is 2. The highest BCUT2D eigenvalue weighted by atomic mass is 16.5. The molecular weight excluding hydrogens is 204 g/mol. The Labute approximate surface area is 97.1 Å². The molecule has 0 aliphatic heterocycles. The van der Waals surface area contributed by atoms with Crippen molar-refractivity contribution in [3.05, 3.63) is 23.5 Å². The van der Waals surface area contributed by atoms with Crippen LogP contribution in [0.15, 0.2) is 23.5 Å². The van der Waals surface area contributed by atoms with Crippen LogP contribution < -0.4 is 0 Å². The molecule has 1 atom stereocenters. The molecule has 0 N–H and O–H groups in total. The van der Waals surface area contributed by atoms with Gasteiger partial charge in [0.1, 0.15) is 5.76 Å². The van der Waals surface area contributed by atoms with Gasteiger partial charge in [-0.1, -0.05) is 19.9 Å². The van der Waals surface area contributed by atoms with Crippen LogP contribution in [0.1, 0.15) is 27.2 Å². The molecule has 0 fully saturated rings. The Morgan fingerprint density at radius 1 is 1.44 bits per heavy atom. The Bertz CT molecular complexity index is 337. The first kappa shape index (κ1) is 12.8. The average Bonchev–Trinajstić information content (AvgIpc) is 2.24. The quantitative estimate of drug-likeness (QED) is 0.691. The summed E-state index contributed by atoms with van der Waals surface area (Å²) in [6, 6.07) is 0. The van der Waals surface area contributed by atoms with Crippen molar-refractivity contribution in [2.45, 2.75) is 27.2 Å². The smallest absolute Gasteiger partial charge is 0.306 e. The molecule has 0 amide bonds. The lowest BCUT2D eigenvalue weighted by molar-refractivity contribution is -0.142. The number of rotatable bonds is 3. The molecule has 90 valence electrons. The highest BCUT2D eigenvalue weighted by molar-refractivity contribution is 5.70. The van der Waals surface area contributed by atoms with Crippen LogP contribution >= 0.6 is 0 Å². The lowest BCUT2D eigenvalue weighted by atomic mass is 9.70. The van der Waals surface area contributed by atoms with Gasteiger partial charge in [-0.05, 0) is 24.0 Å². The van der Waals surface area contributed by atoms with Gasteiger partial charge in [0, 0.05) is 5.92 Å². The highest BCUT2D eigenvalue weighted by Crippen LogP contribution is 2.41. The van der Waals surface area contributed by atoms with E-state index in [1.165, 1.54) is 7.11 Å². The fourth-order valence-corrected chi connectivity index (χ4v) is 2.16. The summed E-state index contributed by atoms with van der Waals surface area (Å²) < 4.78 is 10.0. The highest BCUT2D eigenvalue weighted by Gasteiger charge is 2.34. The normalized spacial score (nSPS) is 23.2. The van der Waals surface area contributed by atoms with Gasteiger partial charge in [-0.15, -0.1) is 0 Å². The Hall–Kier alpha value is -1.25. The van der Waals surface area contributed by atoms with E-state index in [0.717, 1.165) is 11.3 Å². The molecule has 0 saturated carbocycles. The minimum Gasteiger partial charge on any atom is -0.497 e. The van der Waals surface area contributed by atoms with Crippen molar-refractivity contribution in [3.8, 4) is 0 Å². The van der Waals surface area contributed by atoms with Gasteiger partial charge in [0.2, 0.25) is 0 Å². The molecule has 1 rings (SSSR count). The topological polar surface area (TPSA) is 35.5 Å². The largest absolute Gasteiger partial charge is 0.497 e. The van der Waals surface area contributed by atoms with Crippen molar-refractivity contribution in [3.63, 3.8) is 0 Å². The van der Waals surface area contributed by atoms with Gasteiger partial charge in [-0.2, -0.15) is 0 Å². The lowest BCUT2D eigenvalue weighted by Gasteiger charge is -2.35. The lowest BCUT2D eigenvalue weighted by Crippen LogP contribution is -2.29. The molecule has 0 heterocycles. The zero-order valence-corrected chi connectivity index (χ0v) is 10.7. The Morgan fingerprint density at radius 2 is 2.06 bits per heavy atom. The maximum atomic E-state index is 11.4. The maximum absolute atomic E-state index is 11.4. The number of hydrogen-bond acceptors (Lipinski definition) is 3. The van der Waals surface area contributed by atoms with E-state index in [4.69, 9.17) is 9.47 Å². The number of esters is 1.